The van der Waals surface area contributed by atoms with Crippen LogP contribution in [0.4, 0.5) is 0 Å². The van der Waals surface area contributed by atoms with E-state index in [9.17, 15) is 8.42 Å². The van der Waals surface area contributed by atoms with Gasteiger partial charge in [-0.1, -0.05) is 6.92 Å². The van der Waals surface area contributed by atoms with Crippen molar-refractivity contribution in [2.45, 2.75) is 24.0 Å². The fourth-order valence-electron chi connectivity index (χ4n) is 1.53. The molecule has 0 saturated heterocycles. The molecule has 0 radical (unpaired) electrons. The maximum atomic E-state index is 12.0. The van der Waals surface area contributed by atoms with Crippen molar-refractivity contribution in [2.24, 2.45) is 0 Å². The molecule has 2 aromatic rings. The molecule has 0 aliphatic rings. The Bertz CT molecular complexity index is 585. The molecule has 18 heavy (non-hydrogen) atoms. The van der Waals surface area contributed by atoms with Gasteiger partial charge in [0.15, 0.2) is 0 Å². The second-order valence-corrected chi connectivity index (χ2v) is 7.02. The predicted octanol–water partition coefficient (Wildman–Crippen LogP) is 2.42. The molecule has 0 fully saturated rings. The molecular weight excluding hydrogens is 270 g/mol. The van der Waals surface area contributed by atoms with Gasteiger partial charge < -0.3 is 4.42 Å². The summed E-state index contributed by atoms with van der Waals surface area (Å²) in [7, 11) is -3.36. The lowest BCUT2D eigenvalue weighted by atomic mass is 10.2. The summed E-state index contributed by atoms with van der Waals surface area (Å²) in [5, 5.41) is 0. The number of hydrogen-bond acceptors (Lipinski definition) is 4. The zero-order valence-corrected chi connectivity index (χ0v) is 11.7. The van der Waals surface area contributed by atoms with Crippen LogP contribution in [0.5, 0.6) is 0 Å². The van der Waals surface area contributed by atoms with Gasteiger partial charge in [-0.25, -0.2) is 13.1 Å². The first-order valence-corrected chi connectivity index (χ1v) is 8.01. The molecule has 0 bridgehead atoms. The van der Waals surface area contributed by atoms with Crippen molar-refractivity contribution in [3.63, 3.8) is 0 Å². The van der Waals surface area contributed by atoms with Crippen molar-refractivity contribution in [3.8, 4) is 0 Å². The van der Waals surface area contributed by atoms with Crippen molar-refractivity contribution < 1.29 is 12.8 Å². The molecule has 2 heterocycles. The lowest BCUT2D eigenvalue weighted by Crippen LogP contribution is -2.25. The topological polar surface area (TPSA) is 59.3 Å². The van der Waals surface area contributed by atoms with Gasteiger partial charge in [0.25, 0.3) is 0 Å². The highest BCUT2D eigenvalue weighted by atomic mass is 32.2. The van der Waals surface area contributed by atoms with Gasteiger partial charge in [-0.05, 0) is 36.6 Å². The highest BCUT2D eigenvalue weighted by Crippen LogP contribution is 2.21. The van der Waals surface area contributed by atoms with Crippen LogP contribution in [0.2, 0.25) is 0 Å². The first-order valence-electron chi connectivity index (χ1n) is 5.71. The molecule has 0 unspecified atom stereocenters. The first kappa shape index (κ1) is 13.3. The molecule has 1 N–H and O–H groups in total. The maximum Gasteiger partial charge on any atom is 0.250 e. The van der Waals surface area contributed by atoms with E-state index in [1.807, 2.05) is 19.1 Å². The normalized spacial score (nSPS) is 11.8. The number of hydrogen-bond donors (Lipinski definition) is 1. The van der Waals surface area contributed by atoms with Gasteiger partial charge in [-0.2, -0.15) is 0 Å². The molecule has 98 valence electrons. The van der Waals surface area contributed by atoms with Gasteiger partial charge in [0.2, 0.25) is 10.0 Å². The number of nitrogens with one attached hydrogen (secondary N) is 1. The van der Waals surface area contributed by atoms with Gasteiger partial charge in [0.1, 0.15) is 4.21 Å². The van der Waals surface area contributed by atoms with Crippen LogP contribution < -0.4 is 4.72 Å². The SMILES string of the molecule is CCc1ccc(S(=O)(=O)NCCc2ccoc2)s1. The number of thiophene rings is 1. The van der Waals surface area contributed by atoms with Crippen LogP contribution in [0, 0.1) is 0 Å². The van der Waals surface area contributed by atoms with Crippen molar-refractivity contribution in [1.29, 1.82) is 0 Å². The second kappa shape index (κ2) is 5.69. The lowest BCUT2D eigenvalue weighted by Gasteiger charge is -2.03. The minimum Gasteiger partial charge on any atom is -0.472 e. The van der Waals surface area contributed by atoms with E-state index in [0.717, 1.165) is 16.9 Å². The van der Waals surface area contributed by atoms with Crippen LogP contribution in [0.1, 0.15) is 17.4 Å². The largest absolute Gasteiger partial charge is 0.472 e. The van der Waals surface area contributed by atoms with Gasteiger partial charge in [0, 0.05) is 11.4 Å². The van der Waals surface area contributed by atoms with Gasteiger partial charge in [0.05, 0.1) is 12.5 Å². The van der Waals surface area contributed by atoms with E-state index in [1.54, 1.807) is 18.6 Å². The van der Waals surface area contributed by atoms with E-state index in [0.29, 0.717) is 17.2 Å². The predicted molar refractivity (Wildman–Crippen MR) is 71.3 cm³/mol. The van der Waals surface area contributed by atoms with Gasteiger partial charge in [-0.3, -0.25) is 0 Å². The molecule has 0 atom stereocenters. The van der Waals surface area contributed by atoms with Crippen LogP contribution >= 0.6 is 11.3 Å². The van der Waals surface area contributed by atoms with E-state index in [1.165, 1.54) is 11.3 Å². The molecule has 0 aliphatic heterocycles. The number of furan rings is 1. The average molecular weight is 285 g/mol. The van der Waals surface area contributed by atoms with Crippen LogP contribution in [0.15, 0.2) is 39.4 Å². The molecule has 2 aromatic heterocycles. The molecule has 0 aliphatic carbocycles. The van der Waals surface area contributed by atoms with E-state index >= 15 is 0 Å². The second-order valence-electron chi connectivity index (χ2n) is 3.85. The summed E-state index contributed by atoms with van der Waals surface area (Å²) in [6.45, 7) is 2.38. The Morgan fingerprint density at radius 1 is 1.33 bits per heavy atom. The lowest BCUT2D eigenvalue weighted by molar-refractivity contribution is 0.562. The van der Waals surface area contributed by atoms with Crippen LogP contribution in [0.3, 0.4) is 0 Å². The van der Waals surface area contributed by atoms with E-state index in [4.69, 9.17) is 4.42 Å². The zero-order chi connectivity index (χ0) is 13.0. The Hall–Kier alpha value is -1.11. The van der Waals surface area contributed by atoms with E-state index < -0.39 is 10.0 Å². The molecule has 0 spiro atoms. The monoisotopic (exact) mass is 285 g/mol. The quantitative estimate of drug-likeness (QED) is 0.886. The van der Waals surface area contributed by atoms with E-state index in [2.05, 4.69) is 4.72 Å². The minimum atomic E-state index is -3.36. The summed E-state index contributed by atoms with van der Waals surface area (Å²) in [6.07, 6.45) is 4.68. The third kappa shape index (κ3) is 3.22. The molecular formula is C12H15NO3S2. The van der Waals surface area contributed by atoms with Crippen molar-refractivity contribution in [3.05, 3.63) is 41.2 Å². The summed E-state index contributed by atoms with van der Waals surface area (Å²) in [6, 6.07) is 5.34. The maximum absolute atomic E-state index is 12.0. The number of sulfonamides is 1. The standard InChI is InChI=1S/C12H15NO3S2/c1-2-11-3-4-12(17-11)18(14,15)13-7-5-10-6-8-16-9-10/h3-4,6,8-9,13H,2,5,7H2,1H3. The number of aryl methyl sites for hydroxylation is 1. The molecule has 4 nitrogen and oxygen atoms in total. The molecule has 6 heteroatoms. The van der Waals surface area contributed by atoms with Crippen molar-refractivity contribution in [2.75, 3.05) is 6.54 Å². The molecule has 2 rings (SSSR count). The van der Waals surface area contributed by atoms with E-state index in [-0.39, 0.29) is 0 Å². The molecule has 0 amide bonds. The van der Waals surface area contributed by atoms with Crippen LogP contribution in [-0.2, 0) is 22.9 Å². The third-order valence-electron chi connectivity index (χ3n) is 2.54. The first-order chi connectivity index (χ1) is 8.62. The smallest absolute Gasteiger partial charge is 0.250 e. The highest BCUT2D eigenvalue weighted by molar-refractivity contribution is 7.91. The Morgan fingerprint density at radius 2 is 2.17 bits per heavy atom. The number of rotatable bonds is 6. The van der Waals surface area contributed by atoms with Crippen molar-refractivity contribution >= 4 is 21.4 Å². The summed E-state index contributed by atoms with van der Waals surface area (Å²) in [5.41, 5.74) is 0.984. The Balaban J connectivity index is 1.95. The van der Waals surface area contributed by atoms with Gasteiger partial charge >= 0.3 is 0 Å². The Morgan fingerprint density at radius 3 is 2.78 bits per heavy atom. The fraction of sp³-hybridized carbons (Fsp3) is 0.333. The molecule has 0 aromatic carbocycles. The Labute approximate surface area is 111 Å². The highest BCUT2D eigenvalue weighted by Gasteiger charge is 2.15. The summed E-state index contributed by atoms with van der Waals surface area (Å²) in [4.78, 5) is 1.07. The molecule has 0 saturated carbocycles. The Kier molecular flexibility index (Phi) is 4.21. The zero-order valence-electron chi connectivity index (χ0n) is 10.0. The summed E-state index contributed by atoms with van der Waals surface area (Å²) >= 11 is 1.32. The fourth-order valence-corrected chi connectivity index (χ4v) is 3.90. The van der Waals surface area contributed by atoms with Gasteiger partial charge in [-0.15, -0.1) is 11.3 Å². The third-order valence-corrected chi connectivity index (χ3v) is 5.72. The minimum absolute atomic E-state index is 0.376. The van der Waals surface area contributed by atoms with Crippen molar-refractivity contribution in [1.82, 2.24) is 4.72 Å². The summed E-state index contributed by atoms with van der Waals surface area (Å²) < 4.78 is 31.8. The average Bonchev–Trinajstić information content (AvgIpc) is 2.99. The van der Waals surface area contributed by atoms with Crippen LogP contribution in [0.25, 0.3) is 0 Å². The summed E-state index contributed by atoms with van der Waals surface area (Å²) in [5.74, 6) is 0. The van der Waals surface area contributed by atoms with Crippen LogP contribution in [-0.4, -0.2) is 15.0 Å².